The van der Waals surface area contributed by atoms with E-state index in [1.807, 2.05) is 25.1 Å². The number of nitrogens with one attached hydrogen (secondary N) is 1. The molecule has 0 aliphatic carbocycles. The molecule has 0 spiro atoms. The zero-order chi connectivity index (χ0) is 15.0. The lowest BCUT2D eigenvalue weighted by atomic mass is 10.2. The smallest absolute Gasteiger partial charge is 0.268 e. The monoisotopic (exact) mass is 317 g/mol. The van der Waals surface area contributed by atoms with E-state index in [1.54, 1.807) is 18.3 Å². The minimum absolute atomic E-state index is 0.272. The van der Waals surface area contributed by atoms with Crippen molar-refractivity contribution >= 4 is 50.4 Å². The Balaban J connectivity index is 2.00. The highest BCUT2D eigenvalue weighted by molar-refractivity contribution is 7.21. The lowest BCUT2D eigenvalue weighted by Gasteiger charge is -2.09. The van der Waals surface area contributed by atoms with E-state index in [9.17, 15) is 4.79 Å². The first-order valence-corrected chi connectivity index (χ1v) is 7.47. The Labute approximate surface area is 130 Å². The Hall–Kier alpha value is -2.11. The highest BCUT2D eigenvalue weighted by Crippen LogP contribution is 2.33. The Morgan fingerprint density at radius 1 is 1.33 bits per heavy atom. The van der Waals surface area contributed by atoms with Gasteiger partial charge in [-0.15, -0.1) is 11.3 Å². The molecular weight excluding hydrogens is 306 g/mol. The van der Waals surface area contributed by atoms with Gasteiger partial charge < -0.3 is 11.1 Å². The quantitative estimate of drug-likeness (QED) is 0.748. The average molecular weight is 318 g/mol. The van der Waals surface area contributed by atoms with Gasteiger partial charge in [0.05, 0.1) is 16.4 Å². The van der Waals surface area contributed by atoms with Crippen molar-refractivity contribution in [1.82, 2.24) is 4.98 Å². The number of carbonyl (C=O) groups is 1. The third kappa shape index (κ3) is 2.46. The first kappa shape index (κ1) is 13.9. The number of rotatable bonds is 2. The summed E-state index contributed by atoms with van der Waals surface area (Å²) in [6, 6.07) is 9.11. The maximum absolute atomic E-state index is 12.4. The summed E-state index contributed by atoms with van der Waals surface area (Å²) in [6.07, 6.45) is 1.68. The zero-order valence-corrected chi connectivity index (χ0v) is 12.8. The van der Waals surface area contributed by atoms with Gasteiger partial charge in [0.25, 0.3) is 5.91 Å². The molecule has 0 bridgehead atoms. The van der Waals surface area contributed by atoms with Crippen LogP contribution in [-0.4, -0.2) is 10.9 Å². The van der Waals surface area contributed by atoms with Crippen LogP contribution in [-0.2, 0) is 0 Å². The Bertz CT molecular complexity index is 824. The second kappa shape index (κ2) is 5.35. The van der Waals surface area contributed by atoms with Gasteiger partial charge in [0.2, 0.25) is 0 Å². The molecule has 0 unspecified atom stereocenters. The summed E-state index contributed by atoms with van der Waals surface area (Å²) in [7, 11) is 0. The molecule has 0 aliphatic rings. The summed E-state index contributed by atoms with van der Waals surface area (Å²) in [5.41, 5.74) is 8.00. The Morgan fingerprint density at radius 3 is 2.86 bits per heavy atom. The normalized spacial score (nSPS) is 10.8. The van der Waals surface area contributed by atoms with E-state index in [0.29, 0.717) is 21.3 Å². The first-order valence-electron chi connectivity index (χ1n) is 6.27. The number of nitrogen functional groups attached to an aromatic ring is 1. The van der Waals surface area contributed by atoms with Crippen molar-refractivity contribution in [3.8, 4) is 0 Å². The SMILES string of the molecule is Cc1cccc(Cl)c1NC(=O)c1sc2ncccc2c1N. The van der Waals surface area contributed by atoms with E-state index in [1.165, 1.54) is 11.3 Å². The van der Waals surface area contributed by atoms with Crippen LogP contribution in [0, 0.1) is 6.92 Å². The molecule has 21 heavy (non-hydrogen) atoms. The highest BCUT2D eigenvalue weighted by atomic mass is 35.5. The van der Waals surface area contributed by atoms with Gasteiger partial charge >= 0.3 is 0 Å². The van der Waals surface area contributed by atoms with E-state index in [2.05, 4.69) is 10.3 Å². The third-order valence-corrected chi connectivity index (χ3v) is 4.61. The number of aryl methyl sites for hydroxylation is 1. The number of benzene rings is 1. The number of nitrogens with zero attached hydrogens (tertiary/aromatic N) is 1. The molecule has 2 aromatic heterocycles. The van der Waals surface area contributed by atoms with Crippen molar-refractivity contribution in [2.45, 2.75) is 6.92 Å². The molecule has 4 nitrogen and oxygen atoms in total. The summed E-state index contributed by atoms with van der Waals surface area (Å²) in [5.74, 6) is -0.272. The van der Waals surface area contributed by atoms with Crippen molar-refractivity contribution in [2.24, 2.45) is 0 Å². The Kier molecular flexibility index (Phi) is 3.53. The zero-order valence-electron chi connectivity index (χ0n) is 11.2. The maximum Gasteiger partial charge on any atom is 0.268 e. The molecule has 0 saturated carbocycles. The summed E-state index contributed by atoms with van der Waals surface area (Å²) < 4.78 is 0. The molecule has 0 atom stereocenters. The molecule has 3 N–H and O–H groups in total. The van der Waals surface area contributed by atoms with Crippen LogP contribution in [0.1, 0.15) is 15.2 Å². The molecule has 106 valence electrons. The summed E-state index contributed by atoms with van der Waals surface area (Å²) >= 11 is 7.40. The predicted molar refractivity (Wildman–Crippen MR) is 88.2 cm³/mol. The molecule has 0 fully saturated rings. The number of amides is 1. The van der Waals surface area contributed by atoms with Gasteiger partial charge in [-0.1, -0.05) is 23.7 Å². The van der Waals surface area contributed by atoms with Crippen LogP contribution in [0.25, 0.3) is 10.2 Å². The fourth-order valence-corrected chi connectivity index (χ4v) is 3.31. The molecule has 6 heteroatoms. The van der Waals surface area contributed by atoms with Gasteiger partial charge in [-0.3, -0.25) is 4.79 Å². The molecule has 0 saturated heterocycles. The lowest BCUT2D eigenvalue weighted by molar-refractivity contribution is 0.103. The number of fused-ring (bicyclic) bond motifs is 1. The molecular formula is C15H12ClN3OS. The van der Waals surface area contributed by atoms with Crippen molar-refractivity contribution < 1.29 is 4.79 Å². The van der Waals surface area contributed by atoms with Crippen LogP contribution in [0.4, 0.5) is 11.4 Å². The van der Waals surface area contributed by atoms with E-state index < -0.39 is 0 Å². The minimum atomic E-state index is -0.272. The highest BCUT2D eigenvalue weighted by Gasteiger charge is 2.18. The molecule has 0 aliphatic heterocycles. The number of nitrogens with two attached hydrogens (primary N) is 1. The molecule has 0 radical (unpaired) electrons. The van der Waals surface area contributed by atoms with Crippen LogP contribution < -0.4 is 11.1 Å². The summed E-state index contributed by atoms with van der Waals surface area (Å²) in [5, 5.41) is 4.12. The van der Waals surface area contributed by atoms with Gasteiger partial charge in [0, 0.05) is 11.6 Å². The molecule has 3 aromatic rings. The second-order valence-corrected chi connectivity index (χ2v) is 5.99. The molecule has 1 aromatic carbocycles. The topological polar surface area (TPSA) is 68.0 Å². The number of hydrogen-bond donors (Lipinski definition) is 2. The van der Waals surface area contributed by atoms with Crippen LogP contribution in [0.15, 0.2) is 36.5 Å². The van der Waals surface area contributed by atoms with Gasteiger partial charge in [0.15, 0.2) is 0 Å². The minimum Gasteiger partial charge on any atom is -0.397 e. The van der Waals surface area contributed by atoms with Crippen LogP contribution >= 0.6 is 22.9 Å². The average Bonchev–Trinajstić information content (AvgIpc) is 2.81. The number of anilines is 2. The lowest BCUT2D eigenvalue weighted by Crippen LogP contribution is -2.13. The number of aromatic nitrogens is 1. The van der Waals surface area contributed by atoms with Crippen LogP contribution in [0.2, 0.25) is 5.02 Å². The molecule has 1 amide bonds. The van der Waals surface area contributed by atoms with Crippen molar-refractivity contribution in [1.29, 1.82) is 0 Å². The largest absolute Gasteiger partial charge is 0.397 e. The number of para-hydroxylation sites is 1. The van der Waals surface area contributed by atoms with Crippen molar-refractivity contribution in [3.05, 3.63) is 52.0 Å². The van der Waals surface area contributed by atoms with Gasteiger partial charge in [-0.05, 0) is 30.7 Å². The maximum atomic E-state index is 12.4. The first-order chi connectivity index (χ1) is 10.1. The fourth-order valence-electron chi connectivity index (χ4n) is 2.08. The molecule has 2 heterocycles. The van der Waals surface area contributed by atoms with Gasteiger partial charge in [-0.25, -0.2) is 4.98 Å². The molecule has 3 rings (SSSR count). The number of thiophene rings is 1. The summed E-state index contributed by atoms with van der Waals surface area (Å²) in [6.45, 7) is 1.89. The van der Waals surface area contributed by atoms with Crippen molar-refractivity contribution in [3.63, 3.8) is 0 Å². The van der Waals surface area contributed by atoms with Gasteiger partial charge in [-0.2, -0.15) is 0 Å². The van der Waals surface area contributed by atoms with Crippen LogP contribution in [0.5, 0.6) is 0 Å². The third-order valence-electron chi connectivity index (χ3n) is 3.17. The predicted octanol–water partition coefficient (Wildman–Crippen LogP) is 4.09. The fraction of sp³-hybridized carbons (Fsp3) is 0.0667. The van der Waals surface area contributed by atoms with Crippen LogP contribution in [0.3, 0.4) is 0 Å². The van der Waals surface area contributed by atoms with E-state index in [-0.39, 0.29) is 5.91 Å². The number of pyridine rings is 1. The number of hydrogen-bond acceptors (Lipinski definition) is 4. The summed E-state index contributed by atoms with van der Waals surface area (Å²) in [4.78, 5) is 17.9. The standard InChI is InChI=1S/C15H12ClN3OS/c1-8-4-2-6-10(16)12(8)19-14(20)13-11(17)9-5-3-7-18-15(9)21-13/h2-7H,17H2,1H3,(H,19,20). The van der Waals surface area contributed by atoms with E-state index >= 15 is 0 Å². The van der Waals surface area contributed by atoms with Crippen molar-refractivity contribution in [2.75, 3.05) is 11.1 Å². The Morgan fingerprint density at radius 2 is 2.14 bits per heavy atom. The van der Waals surface area contributed by atoms with E-state index in [4.69, 9.17) is 17.3 Å². The number of halogens is 1. The van der Waals surface area contributed by atoms with E-state index in [0.717, 1.165) is 15.8 Å². The van der Waals surface area contributed by atoms with Gasteiger partial charge in [0.1, 0.15) is 9.71 Å². The number of carbonyl (C=O) groups excluding carboxylic acids is 1. The second-order valence-electron chi connectivity index (χ2n) is 4.59.